The average Bonchev–Trinajstić information content (AvgIpc) is 2.61. The molecule has 3 aromatic rings. The van der Waals surface area contributed by atoms with Gasteiger partial charge in [-0.15, -0.1) is 11.8 Å². The zero-order valence-corrected chi connectivity index (χ0v) is 16.4. The topological polar surface area (TPSA) is 62.6 Å². The van der Waals surface area contributed by atoms with E-state index in [1.807, 2.05) is 67.6 Å². The Balaban J connectivity index is 1.72. The summed E-state index contributed by atoms with van der Waals surface area (Å²) in [6, 6.07) is 15.0. The molecule has 2 aromatic carbocycles. The quantitative estimate of drug-likeness (QED) is 0.518. The number of amides is 1. The van der Waals surface area contributed by atoms with E-state index in [2.05, 4.69) is 5.32 Å². The zero-order valence-electron chi connectivity index (χ0n) is 15.6. The third-order valence-electron chi connectivity index (χ3n) is 4.22. The third kappa shape index (κ3) is 4.78. The van der Waals surface area contributed by atoms with Crippen molar-refractivity contribution in [2.75, 3.05) is 25.2 Å². The summed E-state index contributed by atoms with van der Waals surface area (Å²) in [5.74, 6) is -0.0953. The molecule has 1 N–H and O–H groups in total. The van der Waals surface area contributed by atoms with Gasteiger partial charge >= 0.3 is 5.63 Å². The Kier molecular flexibility index (Phi) is 5.98. The molecule has 0 saturated heterocycles. The number of rotatable bonds is 6. The van der Waals surface area contributed by atoms with Crippen LogP contribution in [0.15, 0.2) is 62.6 Å². The molecule has 0 aliphatic rings. The van der Waals surface area contributed by atoms with Crippen LogP contribution in [0, 0.1) is 6.92 Å². The van der Waals surface area contributed by atoms with Crippen LogP contribution >= 0.6 is 11.8 Å². The monoisotopic (exact) mass is 382 g/mol. The van der Waals surface area contributed by atoms with Crippen molar-refractivity contribution >= 4 is 34.3 Å². The molecule has 0 saturated carbocycles. The van der Waals surface area contributed by atoms with Crippen molar-refractivity contribution < 1.29 is 9.21 Å². The van der Waals surface area contributed by atoms with Crippen LogP contribution in [0.3, 0.4) is 0 Å². The Morgan fingerprint density at radius 1 is 1.19 bits per heavy atom. The minimum atomic E-state index is -0.380. The van der Waals surface area contributed by atoms with Crippen LogP contribution in [0.25, 0.3) is 11.0 Å². The molecule has 0 atom stereocenters. The number of hydrogen-bond donors (Lipinski definition) is 1. The van der Waals surface area contributed by atoms with Crippen LogP contribution < -0.4 is 10.9 Å². The molecule has 1 heterocycles. The summed E-state index contributed by atoms with van der Waals surface area (Å²) in [5, 5.41) is 3.84. The molecule has 0 bridgehead atoms. The highest BCUT2D eigenvalue weighted by molar-refractivity contribution is 7.98. The average molecular weight is 382 g/mol. The Hall–Kier alpha value is -2.57. The van der Waals surface area contributed by atoms with Gasteiger partial charge in [-0.2, -0.15) is 0 Å². The van der Waals surface area contributed by atoms with E-state index in [-0.39, 0.29) is 18.1 Å². The molecule has 0 unspecified atom stereocenters. The Labute approximate surface area is 162 Å². The lowest BCUT2D eigenvalue weighted by Gasteiger charge is -2.18. The fraction of sp³-hybridized carbons (Fsp3) is 0.238. The van der Waals surface area contributed by atoms with Crippen LogP contribution in [0.4, 0.5) is 5.69 Å². The summed E-state index contributed by atoms with van der Waals surface area (Å²) in [4.78, 5) is 27.2. The minimum Gasteiger partial charge on any atom is -0.423 e. The van der Waals surface area contributed by atoms with Crippen LogP contribution in [-0.4, -0.2) is 30.7 Å². The summed E-state index contributed by atoms with van der Waals surface area (Å²) in [6.07, 6.45) is 1.98. The lowest BCUT2D eigenvalue weighted by molar-refractivity contribution is -0.117. The highest BCUT2D eigenvalue weighted by atomic mass is 32.2. The number of likely N-dealkylation sites (N-methyl/N-ethyl adjacent to an activating group) is 1. The molecule has 6 heteroatoms. The normalized spacial score (nSPS) is 11.1. The minimum absolute atomic E-state index is 0.0953. The third-order valence-corrected chi connectivity index (χ3v) is 5.02. The van der Waals surface area contributed by atoms with E-state index < -0.39 is 0 Å². The molecular formula is C21H22N2O3S. The van der Waals surface area contributed by atoms with Crippen molar-refractivity contribution in [2.45, 2.75) is 18.4 Å². The molecule has 3 rings (SSSR count). The second kappa shape index (κ2) is 8.41. The number of fused-ring (bicyclic) bond motifs is 1. The van der Waals surface area contributed by atoms with Gasteiger partial charge in [-0.1, -0.05) is 24.3 Å². The lowest BCUT2D eigenvalue weighted by atomic mass is 10.1. The number of anilines is 1. The largest absolute Gasteiger partial charge is 0.423 e. The number of hydrogen-bond acceptors (Lipinski definition) is 5. The fourth-order valence-electron chi connectivity index (χ4n) is 3.00. The molecule has 5 nitrogen and oxygen atoms in total. The molecule has 1 amide bonds. The maximum atomic E-state index is 12.4. The summed E-state index contributed by atoms with van der Waals surface area (Å²) < 4.78 is 5.29. The van der Waals surface area contributed by atoms with Gasteiger partial charge in [0.25, 0.3) is 0 Å². The van der Waals surface area contributed by atoms with Crippen LogP contribution in [0.1, 0.15) is 11.1 Å². The maximum Gasteiger partial charge on any atom is 0.336 e. The first-order valence-corrected chi connectivity index (χ1v) is 9.83. The number of benzene rings is 2. The Morgan fingerprint density at radius 2 is 1.96 bits per heavy atom. The van der Waals surface area contributed by atoms with Crippen molar-refractivity contribution in [3.05, 3.63) is 70.1 Å². The van der Waals surface area contributed by atoms with E-state index in [0.717, 1.165) is 27.1 Å². The molecule has 0 spiro atoms. The Bertz CT molecular complexity index is 1030. The van der Waals surface area contributed by atoms with Crippen molar-refractivity contribution in [1.29, 1.82) is 0 Å². The maximum absolute atomic E-state index is 12.4. The van der Waals surface area contributed by atoms with Gasteiger partial charge in [0.1, 0.15) is 5.58 Å². The molecule has 0 radical (unpaired) electrons. The van der Waals surface area contributed by atoms with Gasteiger partial charge in [-0.25, -0.2) is 4.79 Å². The molecule has 0 aliphatic heterocycles. The van der Waals surface area contributed by atoms with Gasteiger partial charge in [0.05, 0.1) is 12.2 Å². The van der Waals surface area contributed by atoms with Crippen molar-refractivity contribution in [3.63, 3.8) is 0 Å². The van der Waals surface area contributed by atoms with Gasteiger partial charge in [0, 0.05) is 22.9 Å². The predicted octanol–water partition coefficient (Wildman–Crippen LogP) is 3.89. The lowest BCUT2D eigenvalue weighted by Crippen LogP contribution is -2.30. The molecule has 0 aliphatic carbocycles. The van der Waals surface area contributed by atoms with Crippen molar-refractivity contribution in [3.8, 4) is 0 Å². The molecule has 140 valence electrons. The standard InChI is InChI=1S/C21H22N2O3S/c1-14-8-9-16-15(11-21(25)26-18(16)10-14)12-23(2)13-20(24)22-17-6-4-5-7-19(17)27-3/h4-11H,12-13H2,1-3H3,(H,22,24). The summed E-state index contributed by atoms with van der Waals surface area (Å²) in [7, 11) is 1.86. The second-order valence-corrected chi connectivity index (χ2v) is 7.36. The first kappa shape index (κ1) is 19.2. The first-order chi connectivity index (χ1) is 13.0. The van der Waals surface area contributed by atoms with Crippen LogP contribution in [0.5, 0.6) is 0 Å². The number of para-hydroxylation sites is 1. The zero-order chi connectivity index (χ0) is 19.4. The van der Waals surface area contributed by atoms with Gasteiger partial charge in [-0.3, -0.25) is 9.69 Å². The Morgan fingerprint density at radius 3 is 2.74 bits per heavy atom. The van der Waals surface area contributed by atoms with Crippen LogP contribution in [-0.2, 0) is 11.3 Å². The number of carbonyl (C=O) groups is 1. The van der Waals surface area contributed by atoms with Gasteiger partial charge in [0.15, 0.2) is 0 Å². The highest BCUT2D eigenvalue weighted by Crippen LogP contribution is 2.24. The number of nitrogens with zero attached hydrogens (tertiary/aromatic N) is 1. The van der Waals surface area contributed by atoms with Gasteiger partial charge < -0.3 is 9.73 Å². The SMILES string of the molecule is CSc1ccccc1NC(=O)CN(C)Cc1cc(=O)oc2cc(C)ccc12. The highest BCUT2D eigenvalue weighted by Gasteiger charge is 2.12. The molecule has 0 fully saturated rings. The predicted molar refractivity (Wildman–Crippen MR) is 110 cm³/mol. The van der Waals surface area contributed by atoms with Crippen LogP contribution in [0.2, 0.25) is 0 Å². The molecule has 27 heavy (non-hydrogen) atoms. The van der Waals surface area contributed by atoms with Crippen molar-refractivity contribution in [2.24, 2.45) is 0 Å². The van der Waals surface area contributed by atoms with E-state index in [1.165, 1.54) is 6.07 Å². The van der Waals surface area contributed by atoms with Crippen molar-refractivity contribution in [1.82, 2.24) is 4.90 Å². The number of nitrogens with one attached hydrogen (secondary N) is 1. The van der Waals surface area contributed by atoms with Gasteiger partial charge in [0.2, 0.25) is 5.91 Å². The van der Waals surface area contributed by atoms with E-state index in [9.17, 15) is 9.59 Å². The van der Waals surface area contributed by atoms with E-state index in [1.54, 1.807) is 11.8 Å². The number of aryl methyl sites for hydroxylation is 1. The van der Waals surface area contributed by atoms with Gasteiger partial charge in [-0.05, 0) is 49.6 Å². The summed E-state index contributed by atoms with van der Waals surface area (Å²) >= 11 is 1.59. The smallest absolute Gasteiger partial charge is 0.336 e. The first-order valence-electron chi connectivity index (χ1n) is 8.61. The number of carbonyl (C=O) groups excluding carboxylic acids is 1. The molecule has 1 aromatic heterocycles. The molecular weight excluding hydrogens is 360 g/mol. The summed E-state index contributed by atoms with van der Waals surface area (Å²) in [6.45, 7) is 2.65. The van der Waals surface area contributed by atoms with E-state index in [4.69, 9.17) is 4.42 Å². The fourth-order valence-corrected chi connectivity index (χ4v) is 3.55. The van der Waals surface area contributed by atoms with E-state index >= 15 is 0 Å². The summed E-state index contributed by atoms with van der Waals surface area (Å²) in [5.41, 5.74) is 2.88. The van der Waals surface area contributed by atoms with E-state index in [0.29, 0.717) is 12.1 Å². The number of thioether (sulfide) groups is 1. The second-order valence-electron chi connectivity index (χ2n) is 6.51.